The second-order valence-corrected chi connectivity index (χ2v) is 6.63. The van der Waals surface area contributed by atoms with Gasteiger partial charge in [-0.15, -0.1) is 0 Å². The van der Waals surface area contributed by atoms with Gasteiger partial charge in [-0.1, -0.05) is 0 Å². The molecule has 1 saturated carbocycles. The maximum absolute atomic E-state index is 12.3. The van der Waals surface area contributed by atoms with Gasteiger partial charge in [0.05, 0.1) is 10.6 Å². The Morgan fingerprint density at radius 2 is 2.14 bits per heavy atom. The van der Waals surface area contributed by atoms with Gasteiger partial charge in [0.25, 0.3) is 5.69 Å². The molecule has 7 heteroatoms. The van der Waals surface area contributed by atoms with E-state index in [2.05, 4.69) is 26.6 Å². The number of carbonyl (C=O) groups is 1. The number of nitro groups is 1. The van der Waals surface area contributed by atoms with Gasteiger partial charge in [-0.25, -0.2) is 0 Å². The van der Waals surface area contributed by atoms with Crippen LogP contribution in [0, 0.1) is 21.4 Å². The van der Waals surface area contributed by atoms with E-state index in [4.69, 9.17) is 0 Å². The molecule has 1 saturated heterocycles. The summed E-state index contributed by atoms with van der Waals surface area (Å²) in [7, 11) is 0. The van der Waals surface area contributed by atoms with E-state index in [1.54, 1.807) is 6.07 Å². The van der Waals surface area contributed by atoms with Crippen LogP contribution < -0.4 is 10.6 Å². The lowest BCUT2D eigenvalue weighted by molar-refractivity contribution is -0.384. The maximum atomic E-state index is 12.3. The first-order valence-electron chi connectivity index (χ1n) is 6.97. The second kappa shape index (κ2) is 5.38. The van der Waals surface area contributed by atoms with Gasteiger partial charge in [-0.2, -0.15) is 0 Å². The van der Waals surface area contributed by atoms with Crippen LogP contribution in [0.5, 0.6) is 0 Å². The predicted octanol–water partition coefficient (Wildman–Crippen LogP) is 2.69. The van der Waals surface area contributed by atoms with Crippen LogP contribution in [0.1, 0.15) is 19.3 Å². The summed E-state index contributed by atoms with van der Waals surface area (Å²) in [6.07, 6.45) is 3.05. The lowest BCUT2D eigenvalue weighted by Crippen LogP contribution is -2.31. The molecule has 21 heavy (non-hydrogen) atoms. The van der Waals surface area contributed by atoms with Crippen molar-refractivity contribution in [1.82, 2.24) is 5.32 Å². The minimum atomic E-state index is -0.457. The van der Waals surface area contributed by atoms with Crippen molar-refractivity contribution in [2.45, 2.75) is 19.3 Å². The molecule has 1 unspecified atom stereocenters. The molecule has 3 rings (SSSR count). The summed E-state index contributed by atoms with van der Waals surface area (Å²) in [6, 6.07) is 4.37. The molecule has 1 aromatic rings. The summed E-state index contributed by atoms with van der Waals surface area (Å²) in [5.41, 5.74) is 0.769. The molecule has 6 nitrogen and oxygen atoms in total. The van der Waals surface area contributed by atoms with E-state index in [0.717, 1.165) is 32.4 Å². The Bertz CT molecular complexity index is 599. The number of amides is 1. The van der Waals surface area contributed by atoms with Crippen LogP contribution in [0.2, 0.25) is 0 Å². The number of nitro benzene ring substituents is 1. The SMILES string of the molecule is O=C(Nc1ccc([N+](=O)[O-])cc1Br)C1CC12CCNCC2. The van der Waals surface area contributed by atoms with E-state index in [1.807, 2.05) is 0 Å². The standard InChI is InChI=1S/C14H16BrN3O3/c15-11-7-9(18(20)21)1-2-12(11)17-13(19)10-8-14(10)3-5-16-6-4-14/h1-2,7,10,16H,3-6,8H2,(H,17,19). The molecule has 1 aromatic carbocycles. The van der Waals surface area contributed by atoms with Crippen LogP contribution in [-0.4, -0.2) is 23.9 Å². The molecule has 2 aliphatic rings. The Hall–Kier alpha value is -1.47. The number of piperidine rings is 1. The minimum absolute atomic E-state index is 0.00104. The van der Waals surface area contributed by atoms with E-state index in [9.17, 15) is 14.9 Å². The van der Waals surface area contributed by atoms with Gasteiger partial charge in [0.2, 0.25) is 5.91 Å². The number of rotatable bonds is 3. The third-order valence-corrected chi connectivity index (χ3v) is 5.18. The van der Waals surface area contributed by atoms with Crippen molar-refractivity contribution in [2.24, 2.45) is 11.3 Å². The topological polar surface area (TPSA) is 84.3 Å². The molecule has 1 amide bonds. The first-order chi connectivity index (χ1) is 10.0. The smallest absolute Gasteiger partial charge is 0.270 e. The number of nitrogens with one attached hydrogen (secondary N) is 2. The highest BCUT2D eigenvalue weighted by molar-refractivity contribution is 9.10. The fraction of sp³-hybridized carbons (Fsp3) is 0.500. The van der Waals surface area contributed by atoms with E-state index in [-0.39, 0.29) is 22.9 Å². The Labute approximate surface area is 130 Å². The Kier molecular flexibility index (Phi) is 3.71. The third kappa shape index (κ3) is 2.80. The molecule has 1 aliphatic heterocycles. The molecule has 112 valence electrons. The van der Waals surface area contributed by atoms with E-state index < -0.39 is 4.92 Å². The highest BCUT2D eigenvalue weighted by Crippen LogP contribution is 2.58. The zero-order chi connectivity index (χ0) is 15.0. The molecule has 2 N–H and O–H groups in total. The zero-order valence-electron chi connectivity index (χ0n) is 11.4. The monoisotopic (exact) mass is 353 g/mol. The lowest BCUT2D eigenvalue weighted by Gasteiger charge is -2.23. The van der Waals surface area contributed by atoms with Crippen LogP contribution in [0.4, 0.5) is 11.4 Å². The van der Waals surface area contributed by atoms with Gasteiger partial charge >= 0.3 is 0 Å². The predicted molar refractivity (Wildman–Crippen MR) is 82.1 cm³/mol. The van der Waals surface area contributed by atoms with Gasteiger partial charge in [0, 0.05) is 22.5 Å². The van der Waals surface area contributed by atoms with E-state index >= 15 is 0 Å². The summed E-state index contributed by atoms with van der Waals surface area (Å²) in [5, 5.41) is 16.9. The first-order valence-corrected chi connectivity index (χ1v) is 7.77. The minimum Gasteiger partial charge on any atom is -0.325 e. The highest BCUT2D eigenvalue weighted by atomic mass is 79.9. The van der Waals surface area contributed by atoms with Crippen LogP contribution in [0.15, 0.2) is 22.7 Å². The van der Waals surface area contributed by atoms with Crippen molar-refractivity contribution in [3.05, 3.63) is 32.8 Å². The van der Waals surface area contributed by atoms with Crippen molar-refractivity contribution in [3.8, 4) is 0 Å². The average molecular weight is 354 g/mol. The molecule has 1 atom stereocenters. The van der Waals surface area contributed by atoms with Gasteiger partial charge in [-0.3, -0.25) is 14.9 Å². The molecule has 1 spiro atoms. The molecule has 0 bridgehead atoms. The average Bonchev–Trinajstić information content (AvgIpc) is 3.15. The molecule has 0 radical (unpaired) electrons. The molecule has 2 fully saturated rings. The van der Waals surface area contributed by atoms with Crippen molar-refractivity contribution >= 4 is 33.2 Å². The van der Waals surface area contributed by atoms with Crippen LogP contribution in [0.3, 0.4) is 0 Å². The van der Waals surface area contributed by atoms with E-state index in [0.29, 0.717) is 10.2 Å². The normalized spacial score (nSPS) is 22.8. The largest absolute Gasteiger partial charge is 0.325 e. The number of halogens is 1. The molecular formula is C14H16BrN3O3. The van der Waals surface area contributed by atoms with Crippen molar-refractivity contribution < 1.29 is 9.72 Å². The fourth-order valence-corrected chi connectivity index (χ4v) is 3.60. The summed E-state index contributed by atoms with van der Waals surface area (Å²) in [5.74, 6) is 0.0909. The van der Waals surface area contributed by atoms with Crippen LogP contribution >= 0.6 is 15.9 Å². The van der Waals surface area contributed by atoms with Gasteiger partial charge in [0.1, 0.15) is 0 Å². The molecular weight excluding hydrogens is 338 g/mol. The molecule has 1 heterocycles. The van der Waals surface area contributed by atoms with Gasteiger partial charge in [-0.05, 0) is 59.8 Å². The summed E-state index contributed by atoms with van der Waals surface area (Å²) >= 11 is 3.27. The van der Waals surface area contributed by atoms with Crippen molar-refractivity contribution in [1.29, 1.82) is 0 Å². The number of anilines is 1. The first kappa shape index (κ1) is 14.5. The third-order valence-electron chi connectivity index (χ3n) is 4.53. The second-order valence-electron chi connectivity index (χ2n) is 5.78. The summed E-state index contributed by atoms with van der Waals surface area (Å²) < 4.78 is 0.532. The van der Waals surface area contributed by atoms with Crippen molar-refractivity contribution in [3.63, 3.8) is 0 Å². The zero-order valence-corrected chi connectivity index (χ0v) is 13.0. The van der Waals surface area contributed by atoms with Crippen molar-refractivity contribution in [2.75, 3.05) is 18.4 Å². The maximum Gasteiger partial charge on any atom is 0.270 e. The quantitative estimate of drug-likeness (QED) is 0.646. The summed E-state index contributed by atoms with van der Waals surface area (Å²) in [4.78, 5) is 22.6. The molecule has 0 aromatic heterocycles. The number of non-ortho nitro benzene ring substituents is 1. The number of hydrogen-bond acceptors (Lipinski definition) is 4. The summed E-state index contributed by atoms with van der Waals surface area (Å²) in [6.45, 7) is 1.95. The van der Waals surface area contributed by atoms with Crippen LogP contribution in [-0.2, 0) is 4.79 Å². The highest BCUT2D eigenvalue weighted by Gasteiger charge is 2.57. The number of nitrogens with zero attached hydrogens (tertiary/aromatic N) is 1. The number of carbonyl (C=O) groups excluding carboxylic acids is 1. The Balaban J connectivity index is 1.67. The number of hydrogen-bond donors (Lipinski definition) is 2. The Morgan fingerprint density at radius 3 is 2.76 bits per heavy atom. The number of benzene rings is 1. The van der Waals surface area contributed by atoms with Gasteiger partial charge in [0.15, 0.2) is 0 Å². The molecule has 1 aliphatic carbocycles. The lowest BCUT2D eigenvalue weighted by atomic mass is 9.92. The van der Waals surface area contributed by atoms with Crippen LogP contribution in [0.25, 0.3) is 0 Å². The van der Waals surface area contributed by atoms with Gasteiger partial charge < -0.3 is 10.6 Å². The Morgan fingerprint density at radius 1 is 1.43 bits per heavy atom. The van der Waals surface area contributed by atoms with E-state index in [1.165, 1.54) is 12.1 Å². The fourth-order valence-electron chi connectivity index (χ4n) is 3.13.